The Bertz CT molecular complexity index is 1380. The van der Waals surface area contributed by atoms with Crippen LogP contribution in [0, 0.1) is 6.92 Å². The second-order valence-electron chi connectivity index (χ2n) is 8.28. The molecule has 0 unspecified atom stereocenters. The molecule has 34 heavy (non-hydrogen) atoms. The third kappa shape index (κ3) is 4.41. The van der Waals surface area contributed by atoms with Gasteiger partial charge in [0.2, 0.25) is 5.78 Å². The van der Waals surface area contributed by atoms with Crippen molar-refractivity contribution in [3.05, 3.63) is 131 Å². The molecule has 0 N–H and O–H groups in total. The van der Waals surface area contributed by atoms with Crippen LogP contribution in [0.5, 0.6) is 11.5 Å². The van der Waals surface area contributed by atoms with Crippen LogP contribution in [-0.2, 0) is 6.61 Å². The normalized spacial score (nSPS) is 13.4. The molecule has 0 atom stereocenters. The number of rotatable bonds is 6. The van der Waals surface area contributed by atoms with Gasteiger partial charge in [-0.15, -0.1) is 0 Å². The minimum Gasteiger partial charge on any atom is -0.489 e. The molecule has 3 nitrogen and oxygen atoms in total. The Morgan fingerprint density at radius 3 is 2.24 bits per heavy atom. The molecule has 0 saturated heterocycles. The van der Waals surface area contributed by atoms with Gasteiger partial charge in [0.25, 0.3) is 0 Å². The monoisotopic (exact) mass is 444 g/mol. The van der Waals surface area contributed by atoms with E-state index in [9.17, 15) is 4.79 Å². The van der Waals surface area contributed by atoms with E-state index in [1.807, 2.05) is 85.8 Å². The summed E-state index contributed by atoms with van der Waals surface area (Å²) in [6.45, 7) is 6.11. The van der Waals surface area contributed by atoms with Gasteiger partial charge in [-0.05, 0) is 52.4 Å². The van der Waals surface area contributed by atoms with Crippen LogP contribution >= 0.6 is 0 Å². The molecule has 0 radical (unpaired) electrons. The molecule has 166 valence electrons. The Morgan fingerprint density at radius 1 is 0.853 bits per heavy atom. The average Bonchev–Trinajstić information content (AvgIpc) is 3.19. The van der Waals surface area contributed by atoms with Crippen LogP contribution in [0.4, 0.5) is 0 Å². The fourth-order valence-electron chi connectivity index (χ4n) is 4.03. The highest BCUT2D eigenvalue weighted by Gasteiger charge is 2.30. The summed E-state index contributed by atoms with van der Waals surface area (Å²) in [6, 6.07) is 30.0. The van der Waals surface area contributed by atoms with Crippen LogP contribution in [0.1, 0.15) is 32.6 Å². The van der Waals surface area contributed by atoms with Gasteiger partial charge in [-0.25, -0.2) is 0 Å². The van der Waals surface area contributed by atoms with E-state index < -0.39 is 0 Å². The van der Waals surface area contributed by atoms with E-state index >= 15 is 0 Å². The maximum atomic E-state index is 13.0. The summed E-state index contributed by atoms with van der Waals surface area (Å²) in [5.41, 5.74) is 6.74. The summed E-state index contributed by atoms with van der Waals surface area (Å²) in [5.74, 6) is 1.42. The number of ketones is 1. The van der Waals surface area contributed by atoms with Gasteiger partial charge in [-0.1, -0.05) is 91.5 Å². The molecule has 0 spiro atoms. The number of hydrogen-bond donors (Lipinski definition) is 0. The second-order valence-corrected chi connectivity index (χ2v) is 8.28. The first kappa shape index (κ1) is 21.5. The Balaban J connectivity index is 1.33. The summed E-state index contributed by atoms with van der Waals surface area (Å²) in [7, 11) is 0. The average molecular weight is 445 g/mol. The van der Waals surface area contributed by atoms with Crippen molar-refractivity contribution in [2.75, 3.05) is 0 Å². The first-order valence-corrected chi connectivity index (χ1v) is 11.2. The van der Waals surface area contributed by atoms with Gasteiger partial charge < -0.3 is 9.47 Å². The van der Waals surface area contributed by atoms with E-state index in [1.165, 1.54) is 0 Å². The van der Waals surface area contributed by atoms with Gasteiger partial charge in [0.05, 0.1) is 5.56 Å². The predicted octanol–water partition coefficient (Wildman–Crippen LogP) is 7.50. The summed E-state index contributed by atoms with van der Waals surface area (Å²) in [6.07, 6.45) is 3.60. The summed E-state index contributed by atoms with van der Waals surface area (Å²) in [5, 5.41) is 0. The van der Waals surface area contributed by atoms with Gasteiger partial charge in [0.1, 0.15) is 18.1 Å². The number of ether oxygens (including phenoxy) is 2. The number of hydrogen-bond acceptors (Lipinski definition) is 3. The van der Waals surface area contributed by atoms with E-state index in [-0.39, 0.29) is 5.78 Å². The lowest BCUT2D eigenvalue weighted by Gasteiger charge is -2.09. The molecule has 0 fully saturated rings. The van der Waals surface area contributed by atoms with Gasteiger partial charge in [0, 0.05) is 6.07 Å². The van der Waals surface area contributed by atoms with Crippen molar-refractivity contribution in [1.29, 1.82) is 0 Å². The molecule has 4 aromatic carbocycles. The van der Waals surface area contributed by atoms with E-state index in [0.29, 0.717) is 29.4 Å². The lowest BCUT2D eigenvalue weighted by atomic mass is 10.0. The summed E-state index contributed by atoms with van der Waals surface area (Å²) in [4.78, 5) is 13.0. The van der Waals surface area contributed by atoms with Crippen LogP contribution in [-0.4, -0.2) is 5.78 Å². The molecule has 1 heterocycles. The molecule has 1 aliphatic rings. The number of fused-ring (bicyclic) bond motifs is 1. The highest BCUT2D eigenvalue weighted by Crippen LogP contribution is 2.38. The standard InChI is InChI=1S/C31H24O3/c1-3-22-9-11-24(12-10-22)20-33-27-17-21(2)30-28(19-27)34-29(31(30)32)18-23-13-15-26(16-14-23)25-7-5-4-6-8-25/h3-19H,1,20H2,2H3/b29-18-. The van der Waals surface area contributed by atoms with Crippen molar-refractivity contribution < 1.29 is 14.3 Å². The van der Waals surface area contributed by atoms with E-state index in [4.69, 9.17) is 9.47 Å². The van der Waals surface area contributed by atoms with Crippen molar-refractivity contribution in [3.63, 3.8) is 0 Å². The van der Waals surface area contributed by atoms with Crippen LogP contribution in [0.15, 0.2) is 103 Å². The number of carbonyl (C=O) groups excluding carboxylic acids is 1. The molecule has 0 saturated carbocycles. The topological polar surface area (TPSA) is 35.5 Å². The van der Waals surface area contributed by atoms with Crippen molar-refractivity contribution in [1.82, 2.24) is 0 Å². The van der Waals surface area contributed by atoms with Gasteiger partial charge in [-0.3, -0.25) is 4.79 Å². The molecule has 0 bridgehead atoms. The molecule has 5 rings (SSSR count). The SMILES string of the molecule is C=Cc1ccc(COc2cc(C)c3c(c2)O/C(=C\c2ccc(-c4ccccc4)cc2)C3=O)cc1. The lowest BCUT2D eigenvalue weighted by molar-refractivity contribution is 0.101. The van der Waals surface area contributed by atoms with Gasteiger partial charge >= 0.3 is 0 Å². The third-order valence-electron chi connectivity index (χ3n) is 5.88. The van der Waals surface area contributed by atoms with Crippen molar-refractivity contribution in [2.24, 2.45) is 0 Å². The fourth-order valence-corrected chi connectivity index (χ4v) is 4.03. The van der Waals surface area contributed by atoms with Crippen LogP contribution in [0.25, 0.3) is 23.3 Å². The third-order valence-corrected chi connectivity index (χ3v) is 5.88. The zero-order valence-corrected chi connectivity index (χ0v) is 19.0. The Morgan fingerprint density at radius 2 is 1.53 bits per heavy atom. The second kappa shape index (κ2) is 9.24. The largest absolute Gasteiger partial charge is 0.489 e. The first-order valence-electron chi connectivity index (χ1n) is 11.2. The molecule has 1 aliphatic heterocycles. The Kier molecular flexibility index (Phi) is 5.84. The minimum absolute atomic E-state index is 0.105. The molecule has 4 aromatic rings. The van der Waals surface area contributed by atoms with E-state index in [0.717, 1.165) is 33.4 Å². The molecule has 3 heteroatoms. The molecule has 0 aliphatic carbocycles. The zero-order chi connectivity index (χ0) is 23.5. The van der Waals surface area contributed by atoms with E-state index in [1.54, 1.807) is 12.1 Å². The van der Waals surface area contributed by atoms with Crippen molar-refractivity contribution >= 4 is 17.9 Å². The quantitative estimate of drug-likeness (QED) is 0.289. The van der Waals surface area contributed by atoms with E-state index in [2.05, 4.69) is 18.7 Å². The number of carbonyl (C=O) groups is 1. The number of Topliss-reactive ketones (excluding diaryl/α,β-unsaturated/α-hetero) is 1. The molecular formula is C31H24O3. The van der Waals surface area contributed by atoms with Crippen molar-refractivity contribution in [2.45, 2.75) is 13.5 Å². The number of allylic oxidation sites excluding steroid dienone is 1. The van der Waals surface area contributed by atoms with Crippen molar-refractivity contribution in [3.8, 4) is 22.6 Å². The number of aryl methyl sites for hydroxylation is 1. The smallest absolute Gasteiger partial charge is 0.232 e. The maximum absolute atomic E-state index is 13.0. The predicted molar refractivity (Wildman–Crippen MR) is 137 cm³/mol. The molecular weight excluding hydrogens is 420 g/mol. The summed E-state index contributed by atoms with van der Waals surface area (Å²) < 4.78 is 11.9. The zero-order valence-electron chi connectivity index (χ0n) is 19.0. The number of benzene rings is 4. The highest BCUT2D eigenvalue weighted by molar-refractivity contribution is 6.15. The van der Waals surface area contributed by atoms with Crippen LogP contribution in [0.2, 0.25) is 0 Å². The lowest BCUT2D eigenvalue weighted by Crippen LogP contribution is -2.00. The minimum atomic E-state index is -0.105. The molecule has 0 aromatic heterocycles. The molecule has 0 amide bonds. The fraction of sp³-hybridized carbons (Fsp3) is 0.0645. The van der Waals surface area contributed by atoms with Crippen LogP contribution in [0.3, 0.4) is 0 Å². The summed E-state index contributed by atoms with van der Waals surface area (Å²) >= 11 is 0. The Hall–Kier alpha value is -4.37. The van der Waals surface area contributed by atoms with Gasteiger partial charge in [-0.2, -0.15) is 0 Å². The van der Waals surface area contributed by atoms with Gasteiger partial charge in [0.15, 0.2) is 5.76 Å². The maximum Gasteiger partial charge on any atom is 0.232 e. The Labute approximate surface area is 199 Å². The first-order chi connectivity index (χ1) is 16.6. The highest BCUT2D eigenvalue weighted by atomic mass is 16.5. The van der Waals surface area contributed by atoms with Crippen LogP contribution < -0.4 is 9.47 Å².